The van der Waals surface area contributed by atoms with Crippen molar-refractivity contribution in [2.24, 2.45) is 0 Å². The van der Waals surface area contributed by atoms with E-state index in [9.17, 15) is 23.1 Å². The molecule has 1 saturated heterocycles. The number of thiophene rings is 1. The van der Waals surface area contributed by atoms with E-state index in [2.05, 4.69) is 5.32 Å². The molecule has 1 aromatic carbocycles. The number of nitrogens with zero attached hydrogens (tertiary/aromatic N) is 1. The molecule has 0 saturated carbocycles. The standard InChI is InChI=1S/C18H19F3N2O2S/c19-18(20,21)13-4-1-3-12(7-13)16-8-14(24)10-23(16)11-17(25)22-9-15-5-2-6-26-15/h1-7,14,16,24H,8-11H2,(H,22,25)/t14-,16-/m1/s1. The van der Waals surface area contributed by atoms with Gasteiger partial charge in [-0.3, -0.25) is 9.69 Å². The van der Waals surface area contributed by atoms with Crippen LogP contribution in [0, 0.1) is 0 Å². The van der Waals surface area contributed by atoms with E-state index < -0.39 is 23.9 Å². The first-order valence-corrected chi connectivity index (χ1v) is 9.09. The van der Waals surface area contributed by atoms with Gasteiger partial charge in [-0.2, -0.15) is 13.2 Å². The molecule has 1 fully saturated rings. The molecule has 26 heavy (non-hydrogen) atoms. The van der Waals surface area contributed by atoms with Crippen molar-refractivity contribution >= 4 is 17.2 Å². The van der Waals surface area contributed by atoms with E-state index >= 15 is 0 Å². The SMILES string of the molecule is O=C(CN1C[C@H](O)C[C@@H]1c1cccc(C(F)(F)F)c1)NCc1cccs1. The monoisotopic (exact) mass is 384 g/mol. The molecule has 0 spiro atoms. The molecule has 4 nitrogen and oxygen atoms in total. The predicted octanol–water partition coefficient (Wildman–Crippen LogP) is 3.19. The Labute approximate surface area is 153 Å². The predicted molar refractivity (Wildman–Crippen MR) is 92.5 cm³/mol. The zero-order valence-corrected chi connectivity index (χ0v) is 14.7. The zero-order valence-electron chi connectivity index (χ0n) is 13.9. The molecule has 2 heterocycles. The maximum Gasteiger partial charge on any atom is 0.416 e. The van der Waals surface area contributed by atoms with Crippen molar-refractivity contribution in [3.8, 4) is 0 Å². The normalized spacial score (nSPS) is 21.1. The second kappa shape index (κ2) is 7.77. The molecule has 0 aliphatic carbocycles. The number of aliphatic hydroxyl groups is 1. The highest BCUT2D eigenvalue weighted by Crippen LogP contribution is 2.35. The van der Waals surface area contributed by atoms with Crippen LogP contribution < -0.4 is 5.32 Å². The maximum absolute atomic E-state index is 12.9. The first-order valence-electron chi connectivity index (χ1n) is 8.21. The van der Waals surface area contributed by atoms with Gasteiger partial charge in [0.2, 0.25) is 5.91 Å². The van der Waals surface area contributed by atoms with Crippen LogP contribution >= 0.6 is 11.3 Å². The Morgan fingerprint density at radius 2 is 2.12 bits per heavy atom. The van der Waals surface area contributed by atoms with E-state index in [1.165, 1.54) is 17.4 Å². The van der Waals surface area contributed by atoms with Crippen molar-refractivity contribution in [3.63, 3.8) is 0 Å². The number of benzene rings is 1. The van der Waals surface area contributed by atoms with Crippen molar-refractivity contribution in [2.45, 2.75) is 31.3 Å². The topological polar surface area (TPSA) is 52.6 Å². The smallest absolute Gasteiger partial charge is 0.392 e. The van der Waals surface area contributed by atoms with Crippen LogP contribution in [0.25, 0.3) is 0 Å². The molecule has 3 rings (SSSR count). The van der Waals surface area contributed by atoms with Crippen molar-refractivity contribution in [2.75, 3.05) is 13.1 Å². The van der Waals surface area contributed by atoms with Gasteiger partial charge in [0, 0.05) is 17.5 Å². The Morgan fingerprint density at radius 3 is 2.81 bits per heavy atom. The summed E-state index contributed by atoms with van der Waals surface area (Å²) in [5.41, 5.74) is -0.263. The minimum Gasteiger partial charge on any atom is -0.392 e. The van der Waals surface area contributed by atoms with Gasteiger partial charge in [-0.1, -0.05) is 18.2 Å². The van der Waals surface area contributed by atoms with Gasteiger partial charge >= 0.3 is 6.18 Å². The molecule has 0 radical (unpaired) electrons. The van der Waals surface area contributed by atoms with Gasteiger partial charge < -0.3 is 10.4 Å². The third-order valence-electron chi connectivity index (χ3n) is 4.37. The van der Waals surface area contributed by atoms with Crippen LogP contribution in [0.3, 0.4) is 0 Å². The van der Waals surface area contributed by atoms with Gasteiger partial charge in [0.05, 0.1) is 24.8 Å². The number of amides is 1. The average Bonchev–Trinajstić information content (AvgIpc) is 3.22. The van der Waals surface area contributed by atoms with Crippen LogP contribution in [0.1, 0.15) is 28.5 Å². The molecule has 0 bridgehead atoms. The molecule has 2 atom stereocenters. The molecule has 8 heteroatoms. The number of likely N-dealkylation sites (tertiary alicyclic amines) is 1. The quantitative estimate of drug-likeness (QED) is 0.833. The third-order valence-corrected chi connectivity index (χ3v) is 5.24. The Hall–Kier alpha value is -1.90. The number of rotatable bonds is 5. The summed E-state index contributed by atoms with van der Waals surface area (Å²) in [6.45, 7) is 0.706. The molecule has 1 aliphatic heterocycles. The van der Waals surface area contributed by atoms with E-state index in [4.69, 9.17) is 0 Å². The Balaban J connectivity index is 1.67. The molecule has 1 amide bonds. The van der Waals surface area contributed by atoms with Crippen molar-refractivity contribution in [1.82, 2.24) is 10.2 Å². The second-order valence-electron chi connectivity index (χ2n) is 6.31. The lowest BCUT2D eigenvalue weighted by Crippen LogP contribution is -2.37. The first-order chi connectivity index (χ1) is 12.3. The summed E-state index contributed by atoms with van der Waals surface area (Å²) in [4.78, 5) is 14.9. The van der Waals surface area contributed by atoms with Crippen molar-refractivity contribution in [3.05, 3.63) is 57.8 Å². The highest BCUT2D eigenvalue weighted by molar-refractivity contribution is 7.09. The number of carbonyl (C=O) groups is 1. The van der Waals surface area contributed by atoms with Crippen LogP contribution in [0.4, 0.5) is 13.2 Å². The lowest BCUT2D eigenvalue weighted by atomic mass is 10.0. The van der Waals surface area contributed by atoms with Gasteiger partial charge in [-0.05, 0) is 35.6 Å². The highest BCUT2D eigenvalue weighted by Gasteiger charge is 2.35. The summed E-state index contributed by atoms with van der Waals surface area (Å²) in [5.74, 6) is -0.218. The number of hydrogen-bond acceptors (Lipinski definition) is 4. The van der Waals surface area contributed by atoms with E-state index in [1.54, 1.807) is 11.0 Å². The Morgan fingerprint density at radius 1 is 1.31 bits per heavy atom. The molecule has 1 aromatic heterocycles. The minimum atomic E-state index is -4.42. The second-order valence-corrected chi connectivity index (χ2v) is 7.35. The molecular formula is C18H19F3N2O2S. The lowest BCUT2D eigenvalue weighted by Gasteiger charge is -2.24. The van der Waals surface area contributed by atoms with Crippen molar-refractivity contribution in [1.29, 1.82) is 0 Å². The summed E-state index contributed by atoms with van der Waals surface area (Å²) in [6.07, 6.45) is -4.78. The van der Waals surface area contributed by atoms with Gasteiger partial charge in [0.15, 0.2) is 0 Å². The number of β-amino-alcohol motifs (C(OH)–C–C–N with tert-alkyl or cyclic N) is 1. The third kappa shape index (κ3) is 4.63. The van der Waals surface area contributed by atoms with Gasteiger partial charge in [0.25, 0.3) is 0 Å². The Bertz CT molecular complexity index is 749. The number of aliphatic hydroxyl groups excluding tert-OH is 1. The summed E-state index contributed by atoms with van der Waals surface area (Å²) in [6, 6.07) is 8.47. The fourth-order valence-electron chi connectivity index (χ4n) is 3.16. The molecule has 140 valence electrons. The van der Waals surface area contributed by atoms with E-state index in [0.717, 1.165) is 17.0 Å². The largest absolute Gasteiger partial charge is 0.416 e. The lowest BCUT2D eigenvalue weighted by molar-refractivity contribution is -0.137. The van der Waals surface area contributed by atoms with E-state index in [1.807, 2.05) is 17.5 Å². The average molecular weight is 384 g/mol. The highest BCUT2D eigenvalue weighted by atomic mass is 32.1. The fraction of sp³-hybridized carbons (Fsp3) is 0.389. The number of hydrogen-bond donors (Lipinski definition) is 2. The molecule has 2 N–H and O–H groups in total. The molecule has 0 unspecified atom stereocenters. The maximum atomic E-state index is 12.9. The number of halogens is 3. The van der Waals surface area contributed by atoms with Crippen LogP contribution in [0.15, 0.2) is 41.8 Å². The first kappa shape index (κ1) is 18.9. The van der Waals surface area contributed by atoms with Gasteiger partial charge in [0.1, 0.15) is 0 Å². The van der Waals surface area contributed by atoms with Crippen molar-refractivity contribution < 1.29 is 23.1 Å². The Kier molecular flexibility index (Phi) is 5.64. The zero-order chi connectivity index (χ0) is 18.7. The summed E-state index contributed by atoms with van der Waals surface area (Å²) < 4.78 is 38.8. The van der Waals surface area contributed by atoms with Crippen LogP contribution in [-0.2, 0) is 17.5 Å². The minimum absolute atomic E-state index is 0.0311. The number of carbonyl (C=O) groups excluding carboxylic acids is 1. The molecule has 1 aliphatic rings. The molecular weight excluding hydrogens is 365 g/mol. The van der Waals surface area contributed by atoms with Crippen LogP contribution in [0.2, 0.25) is 0 Å². The summed E-state index contributed by atoms with van der Waals surface area (Å²) in [7, 11) is 0. The fourth-order valence-corrected chi connectivity index (χ4v) is 3.81. The van der Waals surface area contributed by atoms with E-state index in [-0.39, 0.29) is 19.0 Å². The van der Waals surface area contributed by atoms with Gasteiger partial charge in [-0.25, -0.2) is 0 Å². The number of nitrogens with one attached hydrogen (secondary N) is 1. The van der Waals surface area contributed by atoms with Crippen LogP contribution in [0.5, 0.6) is 0 Å². The van der Waals surface area contributed by atoms with Crippen LogP contribution in [-0.4, -0.2) is 35.1 Å². The summed E-state index contributed by atoms with van der Waals surface area (Å²) >= 11 is 1.53. The van der Waals surface area contributed by atoms with Gasteiger partial charge in [-0.15, -0.1) is 11.3 Å². The summed E-state index contributed by atoms with van der Waals surface area (Å²) in [5, 5.41) is 14.7. The van der Waals surface area contributed by atoms with E-state index in [0.29, 0.717) is 18.5 Å². The molecule has 2 aromatic rings. The number of alkyl halides is 3.